The molecule has 0 fully saturated rings. The molecule has 2 heterocycles. The van der Waals surface area contributed by atoms with E-state index in [0.717, 1.165) is 11.8 Å². The standard InChI is InChI=1S/C22H14Cl3N3O3S/c23-15-10-17(25)18(11-16(15)24)26-20(29)12-32-22-27-19(9-14-7-4-8-31-14)21(30)28(22)13-5-2-1-3-6-13/h1-11H,12H2,(H,26,29). The summed E-state index contributed by atoms with van der Waals surface area (Å²) in [5.74, 6) is -0.173. The van der Waals surface area contributed by atoms with Crippen LogP contribution < -0.4 is 10.2 Å². The van der Waals surface area contributed by atoms with Crippen molar-refractivity contribution >= 4 is 81.0 Å². The van der Waals surface area contributed by atoms with Crippen LogP contribution >= 0.6 is 46.6 Å². The summed E-state index contributed by atoms with van der Waals surface area (Å²) in [6.07, 6.45) is 3.07. The van der Waals surface area contributed by atoms with E-state index in [2.05, 4.69) is 10.3 Å². The largest absolute Gasteiger partial charge is 0.465 e. The van der Waals surface area contributed by atoms with Crippen molar-refractivity contribution < 1.29 is 14.0 Å². The van der Waals surface area contributed by atoms with Crippen LogP contribution in [-0.4, -0.2) is 22.7 Å². The number of aliphatic imine (C=N–C) groups is 1. The normalized spacial score (nSPS) is 14.7. The Hall–Kier alpha value is -2.71. The van der Waals surface area contributed by atoms with E-state index in [0.29, 0.717) is 22.3 Å². The van der Waals surface area contributed by atoms with Gasteiger partial charge in [-0.1, -0.05) is 64.8 Å². The highest BCUT2D eigenvalue weighted by Crippen LogP contribution is 2.33. The Bertz CT molecular complexity index is 1230. The topological polar surface area (TPSA) is 74.9 Å². The summed E-state index contributed by atoms with van der Waals surface area (Å²) in [6.45, 7) is 0. The smallest absolute Gasteiger partial charge is 0.283 e. The predicted octanol–water partition coefficient (Wildman–Crippen LogP) is 6.36. The average Bonchev–Trinajstić information content (AvgIpc) is 3.39. The number of amidine groups is 1. The number of amides is 2. The van der Waals surface area contributed by atoms with Crippen LogP contribution in [0.25, 0.3) is 6.08 Å². The lowest BCUT2D eigenvalue weighted by atomic mass is 10.2. The predicted molar refractivity (Wildman–Crippen MR) is 131 cm³/mol. The highest BCUT2D eigenvalue weighted by Gasteiger charge is 2.32. The van der Waals surface area contributed by atoms with Gasteiger partial charge in [-0.2, -0.15) is 0 Å². The fraction of sp³-hybridized carbons (Fsp3) is 0.0455. The highest BCUT2D eigenvalue weighted by atomic mass is 35.5. The number of rotatable bonds is 5. The molecular weight excluding hydrogens is 493 g/mol. The number of hydrogen-bond donors (Lipinski definition) is 1. The molecule has 0 bridgehead atoms. The highest BCUT2D eigenvalue weighted by molar-refractivity contribution is 8.14. The second-order valence-corrected chi connectivity index (χ2v) is 8.66. The van der Waals surface area contributed by atoms with E-state index in [4.69, 9.17) is 39.2 Å². The first kappa shape index (κ1) is 22.5. The zero-order chi connectivity index (χ0) is 22.7. The van der Waals surface area contributed by atoms with Gasteiger partial charge in [0.05, 0.1) is 38.5 Å². The molecule has 0 saturated heterocycles. The molecule has 1 aliphatic rings. The van der Waals surface area contributed by atoms with Gasteiger partial charge in [0.15, 0.2) is 5.17 Å². The Balaban J connectivity index is 1.53. The van der Waals surface area contributed by atoms with Crippen molar-refractivity contribution in [3.63, 3.8) is 0 Å². The first-order valence-corrected chi connectivity index (χ1v) is 11.3. The van der Waals surface area contributed by atoms with Crippen molar-refractivity contribution in [1.82, 2.24) is 0 Å². The number of nitrogens with one attached hydrogen (secondary N) is 1. The Morgan fingerprint density at radius 1 is 1.06 bits per heavy atom. The minimum Gasteiger partial charge on any atom is -0.465 e. The molecule has 32 heavy (non-hydrogen) atoms. The number of halogens is 3. The molecule has 1 aliphatic heterocycles. The molecule has 4 rings (SSSR count). The van der Waals surface area contributed by atoms with Crippen LogP contribution in [0, 0.1) is 0 Å². The van der Waals surface area contributed by atoms with Crippen molar-refractivity contribution in [2.45, 2.75) is 0 Å². The molecule has 1 N–H and O–H groups in total. The quantitative estimate of drug-likeness (QED) is 0.323. The van der Waals surface area contributed by atoms with Crippen molar-refractivity contribution in [3.05, 3.63) is 87.4 Å². The fourth-order valence-electron chi connectivity index (χ4n) is 2.84. The summed E-state index contributed by atoms with van der Waals surface area (Å²) in [4.78, 5) is 31.5. The number of thioether (sulfide) groups is 1. The molecule has 2 amide bonds. The minimum absolute atomic E-state index is 0.0138. The Morgan fingerprint density at radius 3 is 2.53 bits per heavy atom. The van der Waals surface area contributed by atoms with Gasteiger partial charge >= 0.3 is 0 Å². The number of carbonyl (C=O) groups is 2. The summed E-state index contributed by atoms with van der Waals surface area (Å²) in [5, 5.41) is 3.89. The second kappa shape index (κ2) is 9.83. The van der Waals surface area contributed by atoms with Crippen LogP contribution in [-0.2, 0) is 9.59 Å². The molecule has 0 radical (unpaired) electrons. The van der Waals surface area contributed by atoms with Crippen LogP contribution in [0.15, 0.2) is 76.0 Å². The third kappa shape index (κ3) is 5.02. The summed E-state index contributed by atoms with van der Waals surface area (Å²) in [6, 6.07) is 15.4. The Labute approximate surface area is 202 Å². The van der Waals surface area contributed by atoms with Crippen molar-refractivity contribution in [2.75, 3.05) is 16.0 Å². The number of carbonyl (C=O) groups excluding carboxylic acids is 2. The third-order valence-corrected chi connectivity index (χ3v) is 6.26. The van der Waals surface area contributed by atoms with Gasteiger partial charge in [-0.3, -0.25) is 14.5 Å². The molecule has 10 heteroatoms. The molecule has 0 unspecified atom stereocenters. The molecule has 1 aromatic heterocycles. The van der Waals surface area contributed by atoms with Crippen LogP contribution in [0.5, 0.6) is 0 Å². The summed E-state index contributed by atoms with van der Waals surface area (Å²) < 4.78 is 5.29. The van der Waals surface area contributed by atoms with Gasteiger partial charge in [-0.25, -0.2) is 4.99 Å². The summed E-state index contributed by atoms with van der Waals surface area (Å²) >= 11 is 19.2. The zero-order valence-corrected chi connectivity index (χ0v) is 19.3. The zero-order valence-electron chi connectivity index (χ0n) is 16.2. The van der Waals surface area contributed by atoms with E-state index in [1.807, 2.05) is 18.2 Å². The number of nitrogens with zero attached hydrogens (tertiary/aromatic N) is 2. The second-order valence-electron chi connectivity index (χ2n) is 6.50. The van der Waals surface area contributed by atoms with Crippen molar-refractivity contribution in [1.29, 1.82) is 0 Å². The number of anilines is 2. The SMILES string of the molecule is O=C(CSC1=NC(=Cc2ccco2)C(=O)N1c1ccccc1)Nc1cc(Cl)c(Cl)cc1Cl. The number of para-hydroxylation sites is 1. The van der Waals surface area contributed by atoms with E-state index >= 15 is 0 Å². The molecule has 0 spiro atoms. The maximum Gasteiger partial charge on any atom is 0.283 e. The maximum absolute atomic E-state index is 13.0. The van der Waals surface area contributed by atoms with Gasteiger partial charge in [0, 0.05) is 6.08 Å². The Kier molecular flexibility index (Phi) is 6.91. The van der Waals surface area contributed by atoms with Gasteiger partial charge in [-0.15, -0.1) is 0 Å². The van der Waals surface area contributed by atoms with Crippen molar-refractivity contribution in [2.24, 2.45) is 4.99 Å². The van der Waals surface area contributed by atoms with E-state index < -0.39 is 0 Å². The minimum atomic E-state index is -0.345. The first-order chi connectivity index (χ1) is 15.4. The maximum atomic E-state index is 13.0. The first-order valence-electron chi connectivity index (χ1n) is 9.23. The number of hydrogen-bond acceptors (Lipinski definition) is 5. The third-order valence-electron chi connectivity index (χ3n) is 4.28. The lowest BCUT2D eigenvalue weighted by Gasteiger charge is -2.17. The number of furan rings is 1. The lowest BCUT2D eigenvalue weighted by Crippen LogP contribution is -2.31. The molecule has 0 aliphatic carbocycles. The van der Waals surface area contributed by atoms with Crippen LogP contribution in [0.3, 0.4) is 0 Å². The Morgan fingerprint density at radius 2 is 1.81 bits per heavy atom. The number of benzene rings is 2. The molecule has 162 valence electrons. The molecular formula is C22H14Cl3N3O3S. The van der Waals surface area contributed by atoms with Crippen molar-refractivity contribution in [3.8, 4) is 0 Å². The van der Waals surface area contributed by atoms with Gasteiger partial charge in [0.2, 0.25) is 5.91 Å². The van der Waals surface area contributed by atoms with Crippen LogP contribution in [0.2, 0.25) is 15.1 Å². The fourth-order valence-corrected chi connectivity index (χ4v) is 4.25. The molecule has 3 aromatic rings. The van der Waals surface area contributed by atoms with Crippen LogP contribution in [0.1, 0.15) is 5.76 Å². The summed E-state index contributed by atoms with van der Waals surface area (Å²) in [7, 11) is 0. The summed E-state index contributed by atoms with van der Waals surface area (Å²) in [5.41, 5.74) is 1.19. The van der Waals surface area contributed by atoms with E-state index in [1.54, 1.807) is 30.3 Å². The van der Waals surface area contributed by atoms with E-state index in [9.17, 15) is 9.59 Å². The molecule has 2 aromatic carbocycles. The van der Waals surface area contributed by atoms with Gasteiger partial charge < -0.3 is 9.73 Å². The average molecular weight is 507 g/mol. The molecule has 0 saturated carbocycles. The monoisotopic (exact) mass is 505 g/mol. The van der Waals surface area contributed by atoms with Gasteiger partial charge in [0.25, 0.3) is 5.91 Å². The van der Waals surface area contributed by atoms with Crippen LogP contribution in [0.4, 0.5) is 11.4 Å². The van der Waals surface area contributed by atoms with E-state index in [1.165, 1.54) is 23.3 Å². The van der Waals surface area contributed by atoms with E-state index in [-0.39, 0.29) is 38.3 Å². The molecule has 0 atom stereocenters. The van der Waals surface area contributed by atoms with Gasteiger partial charge in [0.1, 0.15) is 11.5 Å². The molecule has 6 nitrogen and oxygen atoms in total. The lowest BCUT2D eigenvalue weighted by molar-refractivity contribution is -0.114. The van der Waals surface area contributed by atoms with Gasteiger partial charge in [-0.05, 0) is 36.4 Å².